The van der Waals surface area contributed by atoms with Crippen LogP contribution in [-0.2, 0) is 0 Å². The molecule has 0 saturated heterocycles. The summed E-state index contributed by atoms with van der Waals surface area (Å²) in [5.74, 6) is 1.62. The van der Waals surface area contributed by atoms with Crippen LogP contribution in [0.2, 0.25) is 0 Å². The van der Waals surface area contributed by atoms with Gasteiger partial charge in [-0.15, -0.1) is 0 Å². The molecule has 0 bridgehead atoms. The van der Waals surface area contributed by atoms with E-state index >= 15 is 0 Å². The lowest BCUT2D eigenvalue weighted by Gasteiger charge is -2.18. The zero-order chi connectivity index (χ0) is 14.7. The Morgan fingerprint density at radius 1 is 1.45 bits per heavy atom. The molecule has 110 valence electrons. The molecule has 3 nitrogen and oxygen atoms in total. The highest BCUT2D eigenvalue weighted by Crippen LogP contribution is 2.38. The number of nitrogens with zero attached hydrogens (tertiary/aromatic N) is 1. The van der Waals surface area contributed by atoms with Crippen molar-refractivity contribution in [2.75, 3.05) is 25.5 Å². The summed E-state index contributed by atoms with van der Waals surface area (Å²) in [5.41, 5.74) is 3.06. The third-order valence-electron chi connectivity index (χ3n) is 4.17. The molecule has 20 heavy (non-hydrogen) atoms. The first-order valence-electron chi connectivity index (χ1n) is 7.63. The minimum atomic E-state index is 0.134. The molecule has 3 heteroatoms. The van der Waals surface area contributed by atoms with Crippen molar-refractivity contribution in [1.29, 1.82) is 0 Å². The minimum absolute atomic E-state index is 0.134. The molecular weight excluding hydrogens is 248 g/mol. The first-order valence-corrected chi connectivity index (χ1v) is 7.63. The van der Waals surface area contributed by atoms with Gasteiger partial charge in [0.05, 0.1) is 0 Å². The van der Waals surface area contributed by atoms with Crippen LogP contribution in [0.3, 0.4) is 0 Å². The monoisotopic (exact) mass is 274 g/mol. The Kier molecular flexibility index (Phi) is 4.69. The molecule has 2 rings (SSSR count). The number of carbonyl (C=O) groups is 1. The number of benzene rings is 1. The van der Waals surface area contributed by atoms with E-state index in [-0.39, 0.29) is 5.91 Å². The molecule has 2 atom stereocenters. The number of anilines is 1. The maximum atomic E-state index is 12.4. The first kappa shape index (κ1) is 14.9. The van der Waals surface area contributed by atoms with Gasteiger partial charge in [0.25, 0.3) is 5.91 Å². The second-order valence-corrected chi connectivity index (χ2v) is 6.12. The van der Waals surface area contributed by atoms with Gasteiger partial charge >= 0.3 is 0 Å². The van der Waals surface area contributed by atoms with E-state index in [1.165, 1.54) is 6.42 Å². The quantitative estimate of drug-likeness (QED) is 0.860. The summed E-state index contributed by atoms with van der Waals surface area (Å²) in [5, 5.41) is 3.38. The Morgan fingerprint density at radius 2 is 2.15 bits per heavy atom. The standard InChI is InChI=1S/C17H26N2O/c1-5-8-18-16-7-6-14(10-13(16)3)17(20)19(4)11-15-9-12(15)2/h6-7,10,12,15,18H,5,8-9,11H2,1-4H3. The Morgan fingerprint density at radius 3 is 2.70 bits per heavy atom. The summed E-state index contributed by atoms with van der Waals surface area (Å²) in [6.07, 6.45) is 2.36. The smallest absolute Gasteiger partial charge is 0.253 e. The maximum absolute atomic E-state index is 12.4. The van der Waals surface area contributed by atoms with E-state index in [1.807, 2.05) is 30.1 Å². The van der Waals surface area contributed by atoms with Crippen molar-refractivity contribution in [2.24, 2.45) is 11.8 Å². The third kappa shape index (κ3) is 3.53. The fraction of sp³-hybridized carbons (Fsp3) is 0.588. The van der Waals surface area contributed by atoms with Crippen LogP contribution in [-0.4, -0.2) is 30.9 Å². The molecule has 1 aromatic rings. The predicted molar refractivity (Wildman–Crippen MR) is 84.2 cm³/mol. The SMILES string of the molecule is CCCNc1ccc(C(=O)N(C)CC2CC2C)cc1C. The fourth-order valence-corrected chi connectivity index (χ4v) is 2.56. The van der Waals surface area contributed by atoms with E-state index in [0.29, 0.717) is 5.92 Å². The van der Waals surface area contributed by atoms with Crippen molar-refractivity contribution >= 4 is 11.6 Å². The number of carbonyl (C=O) groups excluding carboxylic acids is 1. The van der Waals surface area contributed by atoms with Gasteiger partial charge in [-0.1, -0.05) is 13.8 Å². The van der Waals surface area contributed by atoms with Crippen LogP contribution in [0.25, 0.3) is 0 Å². The highest BCUT2D eigenvalue weighted by molar-refractivity contribution is 5.94. The van der Waals surface area contributed by atoms with Crippen molar-refractivity contribution < 1.29 is 4.79 Å². The van der Waals surface area contributed by atoms with Crippen LogP contribution in [0.1, 0.15) is 42.6 Å². The fourth-order valence-electron chi connectivity index (χ4n) is 2.56. The van der Waals surface area contributed by atoms with Gasteiger partial charge in [-0.2, -0.15) is 0 Å². The van der Waals surface area contributed by atoms with E-state index in [4.69, 9.17) is 0 Å². The molecule has 0 aliphatic heterocycles. The molecule has 0 spiro atoms. The Hall–Kier alpha value is -1.51. The van der Waals surface area contributed by atoms with Crippen LogP contribution in [0, 0.1) is 18.8 Å². The van der Waals surface area contributed by atoms with Gasteiger partial charge in [0.2, 0.25) is 0 Å². The topological polar surface area (TPSA) is 32.3 Å². The Balaban J connectivity index is 2.00. The average molecular weight is 274 g/mol. The van der Waals surface area contributed by atoms with E-state index in [9.17, 15) is 4.79 Å². The zero-order valence-corrected chi connectivity index (χ0v) is 13.1. The molecule has 1 aromatic carbocycles. The molecule has 0 heterocycles. The van der Waals surface area contributed by atoms with Crippen LogP contribution in [0.4, 0.5) is 5.69 Å². The van der Waals surface area contributed by atoms with Gasteiger partial charge in [-0.3, -0.25) is 4.79 Å². The van der Waals surface area contributed by atoms with E-state index in [2.05, 4.69) is 26.1 Å². The van der Waals surface area contributed by atoms with Crippen molar-refractivity contribution in [3.05, 3.63) is 29.3 Å². The molecule has 2 unspecified atom stereocenters. The second kappa shape index (κ2) is 6.29. The van der Waals surface area contributed by atoms with Gasteiger partial charge in [-0.25, -0.2) is 0 Å². The third-order valence-corrected chi connectivity index (χ3v) is 4.17. The molecule has 1 fully saturated rings. The van der Waals surface area contributed by atoms with Crippen LogP contribution in [0.15, 0.2) is 18.2 Å². The summed E-state index contributed by atoms with van der Waals surface area (Å²) in [6.45, 7) is 8.30. The van der Waals surface area contributed by atoms with Crippen molar-refractivity contribution in [3.63, 3.8) is 0 Å². The predicted octanol–water partition coefficient (Wildman–Crippen LogP) is 3.54. The zero-order valence-electron chi connectivity index (χ0n) is 13.1. The lowest BCUT2D eigenvalue weighted by molar-refractivity contribution is 0.0787. The number of rotatable bonds is 6. The number of hydrogen-bond donors (Lipinski definition) is 1. The molecule has 1 N–H and O–H groups in total. The van der Waals surface area contributed by atoms with Crippen LogP contribution in [0.5, 0.6) is 0 Å². The molecule has 1 aliphatic carbocycles. The van der Waals surface area contributed by atoms with Gasteiger partial charge in [-0.05, 0) is 55.4 Å². The summed E-state index contributed by atoms with van der Waals surface area (Å²) in [7, 11) is 1.91. The van der Waals surface area contributed by atoms with E-state index in [0.717, 1.165) is 42.2 Å². The average Bonchev–Trinajstić information content (AvgIpc) is 3.11. The highest BCUT2D eigenvalue weighted by atomic mass is 16.2. The molecule has 1 aliphatic rings. The lowest BCUT2D eigenvalue weighted by Crippen LogP contribution is -2.29. The Labute approximate surface area is 122 Å². The van der Waals surface area contributed by atoms with Crippen LogP contribution < -0.4 is 5.32 Å². The van der Waals surface area contributed by atoms with Gasteiger partial charge in [0.1, 0.15) is 0 Å². The summed E-state index contributed by atoms with van der Waals surface area (Å²) >= 11 is 0. The van der Waals surface area contributed by atoms with Crippen molar-refractivity contribution in [2.45, 2.75) is 33.6 Å². The minimum Gasteiger partial charge on any atom is -0.385 e. The molecule has 1 amide bonds. The van der Waals surface area contributed by atoms with Crippen molar-refractivity contribution in [3.8, 4) is 0 Å². The van der Waals surface area contributed by atoms with Crippen molar-refractivity contribution in [1.82, 2.24) is 4.90 Å². The Bertz CT molecular complexity index is 484. The summed E-state index contributed by atoms with van der Waals surface area (Å²) in [4.78, 5) is 14.3. The van der Waals surface area contributed by atoms with Crippen LogP contribution >= 0.6 is 0 Å². The molecule has 0 radical (unpaired) electrons. The highest BCUT2D eigenvalue weighted by Gasteiger charge is 2.34. The maximum Gasteiger partial charge on any atom is 0.253 e. The normalized spacial score (nSPS) is 20.6. The van der Waals surface area contributed by atoms with Gasteiger partial charge in [0, 0.05) is 31.4 Å². The van der Waals surface area contributed by atoms with E-state index in [1.54, 1.807) is 0 Å². The lowest BCUT2D eigenvalue weighted by atomic mass is 10.1. The number of hydrogen-bond acceptors (Lipinski definition) is 2. The van der Waals surface area contributed by atoms with Gasteiger partial charge in [0.15, 0.2) is 0 Å². The number of amides is 1. The van der Waals surface area contributed by atoms with Gasteiger partial charge < -0.3 is 10.2 Å². The molecule has 1 saturated carbocycles. The first-order chi connectivity index (χ1) is 9.52. The molecule has 0 aromatic heterocycles. The largest absolute Gasteiger partial charge is 0.385 e. The second-order valence-electron chi connectivity index (χ2n) is 6.12. The summed E-state index contributed by atoms with van der Waals surface area (Å²) < 4.78 is 0. The van der Waals surface area contributed by atoms with E-state index < -0.39 is 0 Å². The summed E-state index contributed by atoms with van der Waals surface area (Å²) in [6, 6.07) is 5.94. The number of nitrogens with one attached hydrogen (secondary N) is 1. The molecular formula is C17H26N2O. The number of aryl methyl sites for hydroxylation is 1.